The number of hydrogen-bond acceptors (Lipinski definition) is 4. The molecule has 0 spiro atoms. The van der Waals surface area contributed by atoms with Crippen LogP contribution in [-0.2, 0) is 9.53 Å². The van der Waals surface area contributed by atoms with Crippen LogP contribution in [0.5, 0.6) is 5.75 Å². The maximum absolute atomic E-state index is 11.3. The number of methoxy groups -OCH3 is 1. The molecule has 0 unspecified atom stereocenters. The largest absolute Gasteiger partial charge is 0.494 e. The SMILES string of the molecule is CCOC(=O)CNc1cc(C)cc(C)c1OC. The quantitative estimate of drug-likeness (QED) is 0.798. The highest BCUT2D eigenvalue weighted by Gasteiger charge is 2.09. The second-order valence-electron chi connectivity index (χ2n) is 3.82. The van der Waals surface area contributed by atoms with E-state index in [9.17, 15) is 4.79 Å². The van der Waals surface area contributed by atoms with Gasteiger partial charge in [-0.05, 0) is 38.0 Å². The molecule has 0 aliphatic rings. The Morgan fingerprint density at radius 3 is 2.65 bits per heavy atom. The minimum atomic E-state index is -0.270. The number of carbonyl (C=O) groups excluding carboxylic acids is 1. The highest BCUT2D eigenvalue weighted by molar-refractivity contribution is 5.76. The first kappa shape index (κ1) is 13.4. The molecule has 0 heterocycles. The van der Waals surface area contributed by atoms with E-state index in [2.05, 4.69) is 5.32 Å². The van der Waals surface area contributed by atoms with Crippen molar-refractivity contribution >= 4 is 11.7 Å². The minimum Gasteiger partial charge on any atom is -0.494 e. The Balaban J connectivity index is 2.79. The molecule has 17 heavy (non-hydrogen) atoms. The Kier molecular flexibility index (Phi) is 4.82. The molecule has 1 N–H and O–H groups in total. The van der Waals surface area contributed by atoms with Gasteiger partial charge in [0.2, 0.25) is 0 Å². The van der Waals surface area contributed by atoms with Gasteiger partial charge in [-0.15, -0.1) is 0 Å². The van der Waals surface area contributed by atoms with Gasteiger partial charge in [0, 0.05) is 0 Å². The zero-order valence-electron chi connectivity index (χ0n) is 10.8. The van der Waals surface area contributed by atoms with Gasteiger partial charge in [0.05, 0.1) is 19.4 Å². The number of ether oxygens (including phenoxy) is 2. The minimum absolute atomic E-state index is 0.146. The summed E-state index contributed by atoms with van der Waals surface area (Å²) >= 11 is 0. The molecule has 1 aromatic rings. The fraction of sp³-hybridized carbons (Fsp3) is 0.462. The van der Waals surface area contributed by atoms with Crippen molar-refractivity contribution in [2.45, 2.75) is 20.8 Å². The summed E-state index contributed by atoms with van der Waals surface area (Å²) in [6, 6.07) is 3.99. The predicted octanol–water partition coefficient (Wildman–Crippen LogP) is 2.29. The van der Waals surface area contributed by atoms with Crippen LogP contribution < -0.4 is 10.1 Å². The summed E-state index contributed by atoms with van der Waals surface area (Å²) in [5, 5.41) is 3.03. The van der Waals surface area contributed by atoms with Gasteiger partial charge in [0.25, 0.3) is 0 Å². The number of benzene rings is 1. The molecule has 0 aromatic heterocycles. The molecule has 0 aliphatic carbocycles. The average molecular weight is 237 g/mol. The highest BCUT2D eigenvalue weighted by Crippen LogP contribution is 2.29. The maximum Gasteiger partial charge on any atom is 0.325 e. The van der Waals surface area contributed by atoms with Gasteiger partial charge in [0.1, 0.15) is 12.3 Å². The summed E-state index contributed by atoms with van der Waals surface area (Å²) in [4.78, 5) is 11.3. The van der Waals surface area contributed by atoms with Crippen LogP contribution in [0.3, 0.4) is 0 Å². The molecule has 0 fully saturated rings. The van der Waals surface area contributed by atoms with Crippen molar-refractivity contribution in [1.82, 2.24) is 0 Å². The molecule has 0 amide bonds. The van der Waals surface area contributed by atoms with E-state index < -0.39 is 0 Å². The first-order chi connectivity index (χ1) is 8.08. The fourth-order valence-corrected chi connectivity index (χ4v) is 1.74. The molecular weight excluding hydrogens is 218 g/mol. The summed E-state index contributed by atoms with van der Waals surface area (Å²) < 4.78 is 10.2. The van der Waals surface area contributed by atoms with E-state index in [1.165, 1.54) is 0 Å². The van der Waals surface area contributed by atoms with E-state index in [4.69, 9.17) is 9.47 Å². The summed E-state index contributed by atoms with van der Waals surface area (Å²) in [7, 11) is 1.62. The molecule has 0 radical (unpaired) electrons. The highest BCUT2D eigenvalue weighted by atomic mass is 16.5. The number of hydrogen-bond donors (Lipinski definition) is 1. The molecule has 0 atom stereocenters. The number of rotatable bonds is 5. The van der Waals surface area contributed by atoms with Crippen LogP contribution in [0.4, 0.5) is 5.69 Å². The van der Waals surface area contributed by atoms with E-state index in [0.717, 1.165) is 22.6 Å². The molecule has 0 saturated carbocycles. The van der Waals surface area contributed by atoms with Crippen LogP contribution in [0.25, 0.3) is 0 Å². The van der Waals surface area contributed by atoms with Gasteiger partial charge in [-0.3, -0.25) is 4.79 Å². The lowest BCUT2D eigenvalue weighted by Crippen LogP contribution is -2.17. The molecule has 0 aliphatic heterocycles. The number of nitrogens with one attached hydrogen (secondary N) is 1. The number of esters is 1. The van der Waals surface area contributed by atoms with Gasteiger partial charge in [-0.1, -0.05) is 6.07 Å². The zero-order valence-corrected chi connectivity index (χ0v) is 10.8. The van der Waals surface area contributed by atoms with Crippen molar-refractivity contribution in [1.29, 1.82) is 0 Å². The Hall–Kier alpha value is -1.71. The standard InChI is InChI=1S/C13H19NO3/c1-5-17-12(15)8-14-11-7-9(2)6-10(3)13(11)16-4/h6-7,14H,5,8H2,1-4H3. The Morgan fingerprint density at radius 2 is 2.06 bits per heavy atom. The first-order valence-corrected chi connectivity index (χ1v) is 5.63. The topological polar surface area (TPSA) is 47.6 Å². The molecule has 0 bridgehead atoms. The van der Waals surface area contributed by atoms with E-state index in [1.807, 2.05) is 26.0 Å². The normalized spacial score (nSPS) is 9.88. The average Bonchev–Trinajstić information content (AvgIpc) is 2.26. The van der Waals surface area contributed by atoms with Gasteiger partial charge >= 0.3 is 5.97 Å². The van der Waals surface area contributed by atoms with Crippen LogP contribution >= 0.6 is 0 Å². The van der Waals surface area contributed by atoms with Gasteiger partial charge in [-0.2, -0.15) is 0 Å². The zero-order chi connectivity index (χ0) is 12.8. The molecule has 1 aromatic carbocycles. The van der Waals surface area contributed by atoms with Crippen molar-refractivity contribution < 1.29 is 14.3 Å². The third kappa shape index (κ3) is 3.66. The van der Waals surface area contributed by atoms with Crippen LogP contribution in [0.1, 0.15) is 18.1 Å². The molecule has 1 rings (SSSR count). The molecule has 4 heteroatoms. The smallest absolute Gasteiger partial charge is 0.325 e. The van der Waals surface area contributed by atoms with E-state index in [0.29, 0.717) is 6.61 Å². The third-order valence-corrected chi connectivity index (χ3v) is 2.35. The first-order valence-electron chi connectivity index (χ1n) is 5.63. The number of carbonyl (C=O) groups is 1. The van der Waals surface area contributed by atoms with Crippen LogP contribution in [0.15, 0.2) is 12.1 Å². The van der Waals surface area contributed by atoms with E-state index in [1.54, 1.807) is 14.0 Å². The molecular formula is C13H19NO3. The lowest BCUT2D eigenvalue weighted by atomic mass is 10.1. The fourth-order valence-electron chi connectivity index (χ4n) is 1.74. The number of anilines is 1. The molecule has 94 valence electrons. The Bertz CT molecular complexity index is 402. The van der Waals surface area contributed by atoms with Crippen molar-refractivity contribution in [2.24, 2.45) is 0 Å². The second-order valence-corrected chi connectivity index (χ2v) is 3.82. The number of aryl methyl sites for hydroxylation is 2. The molecule has 4 nitrogen and oxygen atoms in total. The Labute approximate surface area is 102 Å². The van der Waals surface area contributed by atoms with Crippen LogP contribution in [-0.4, -0.2) is 26.2 Å². The summed E-state index contributed by atoms with van der Waals surface area (Å²) in [6.45, 7) is 6.30. The van der Waals surface area contributed by atoms with E-state index >= 15 is 0 Å². The van der Waals surface area contributed by atoms with Crippen molar-refractivity contribution in [2.75, 3.05) is 25.6 Å². The lowest BCUT2D eigenvalue weighted by molar-refractivity contribution is -0.140. The van der Waals surface area contributed by atoms with Crippen LogP contribution in [0, 0.1) is 13.8 Å². The third-order valence-electron chi connectivity index (χ3n) is 2.35. The molecule has 0 saturated heterocycles. The summed E-state index contributed by atoms with van der Waals surface area (Å²) in [5.41, 5.74) is 2.98. The summed E-state index contributed by atoms with van der Waals surface area (Å²) in [5.74, 6) is 0.494. The maximum atomic E-state index is 11.3. The van der Waals surface area contributed by atoms with Crippen molar-refractivity contribution in [3.63, 3.8) is 0 Å². The monoisotopic (exact) mass is 237 g/mol. The van der Waals surface area contributed by atoms with Gasteiger partial charge < -0.3 is 14.8 Å². The summed E-state index contributed by atoms with van der Waals surface area (Å²) in [6.07, 6.45) is 0. The van der Waals surface area contributed by atoms with Gasteiger partial charge in [-0.25, -0.2) is 0 Å². The Morgan fingerprint density at radius 1 is 1.35 bits per heavy atom. The van der Waals surface area contributed by atoms with Crippen molar-refractivity contribution in [3.05, 3.63) is 23.3 Å². The van der Waals surface area contributed by atoms with Crippen molar-refractivity contribution in [3.8, 4) is 5.75 Å². The van der Waals surface area contributed by atoms with Crippen LogP contribution in [0.2, 0.25) is 0 Å². The van der Waals surface area contributed by atoms with E-state index in [-0.39, 0.29) is 12.5 Å². The van der Waals surface area contributed by atoms with Gasteiger partial charge in [0.15, 0.2) is 0 Å². The lowest BCUT2D eigenvalue weighted by Gasteiger charge is -2.14. The predicted molar refractivity (Wildman–Crippen MR) is 67.6 cm³/mol. The second kappa shape index (κ2) is 6.13.